The summed E-state index contributed by atoms with van der Waals surface area (Å²) in [6.07, 6.45) is 4.26. The quantitative estimate of drug-likeness (QED) is 0.571. The standard InChI is InChI=1S/C25H37ClO4/c1-18(26)25(29-16-23(4,5)17-30-25)20-10-8-19(9-11-20)13-21-7-6-12-24(21)27-14-22(2,3)15-28-24/h8-11,18,21H,6-7,12-17H2,1-5H3. The summed E-state index contributed by atoms with van der Waals surface area (Å²) >= 11 is 6.56. The molecule has 2 heterocycles. The number of hydrogen-bond donors (Lipinski definition) is 0. The minimum absolute atomic E-state index is 0.000569. The van der Waals surface area contributed by atoms with E-state index in [2.05, 4.69) is 52.0 Å². The fourth-order valence-corrected chi connectivity index (χ4v) is 5.10. The van der Waals surface area contributed by atoms with Gasteiger partial charge in [-0.05, 0) is 31.7 Å². The molecule has 5 heteroatoms. The van der Waals surface area contributed by atoms with Crippen molar-refractivity contribution in [1.29, 1.82) is 0 Å². The highest BCUT2D eigenvalue weighted by Gasteiger charge is 2.49. The number of ether oxygens (including phenoxy) is 4. The maximum absolute atomic E-state index is 6.56. The molecule has 1 aromatic carbocycles. The van der Waals surface area contributed by atoms with Crippen molar-refractivity contribution in [3.05, 3.63) is 35.4 Å². The average Bonchev–Trinajstić information content (AvgIpc) is 3.07. The zero-order valence-electron chi connectivity index (χ0n) is 19.1. The SMILES string of the molecule is CC(Cl)C1(c2ccc(CC3CCCC34OCC(C)(C)CO4)cc2)OCC(C)(C)CO1. The van der Waals surface area contributed by atoms with E-state index in [-0.39, 0.29) is 16.2 Å². The molecular weight excluding hydrogens is 400 g/mol. The monoisotopic (exact) mass is 436 g/mol. The summed E-state index contributed by atoms with van der Waals surface area (Å²) in [5.41, 5.74) is 2.37. The van der Waals surface area contributed by atoms with Gasteiger partial charge in [0.15, 0.2) is 5.79 Å². The maximum Gasteiger partial charge on any atom is 0.211 e. The van der Waals surface area contributed by atoms with Gasteiger partial charge in [-0.25, -0.2) is 0 Å². The summed E-state index contributed by atoms with van der Waals surface area (Å²) in [6.45, 7) is 13.4. The summed E-state index contributed by atoms with van der Waals surface area (Å²) in [4.78, 5) is 0. The van der Waals surface area contributed by atoms with Crippen LogP contribution >= 0.6 is 11.6 Å². The van der Waals surface area contributed by atoms with Crippen LogP contribution in [-0.4, -0.2) is 37.6 Å². The third-order valence-electron chi connectivity index (χ3n) is 6.83. The Balaban J connectivity index is 1.47. The van der Waals surface area contributed by atoms with E-state index in [0.717, 1.165) is 44.5 Å². The van der Waals surface area contributed by atoms with Crippen molar-refractivity contribution in [3.8, 4) is 0 Å². The van der Waals surface area contributed by atoms with Gasteiger partial charge in [-0.15, -0.1) is 11.6 Å². The minimum atomic E-state index is -0.884. The molecule has 0 amide bonds. The summed E-state index contributed by atoms with van der Waals surface area (Å²) in [7, 11) is 0. The van der Waals surface area contributed by atoms with Crippen LogP contribution in [0.5, 0.6) is 0 Å². The predicted octanol–water partition coefficient (Wildman–Crippen LogP) is 5.65. The highest BCUT2D eigenvalue weighted by molar-refractivity contribution is 6.21. The number of hydrogen-bond acceptors (Lipinski definition) is 4. The minimum Gasteiger partial charge on any atom is -0.349 e. The molecule has 2 saturated heterocycles. The molecule has 1 saturated carbocycles. The van der Waals surface area contributed by atoms with Gasteiger partial charge in [-0.3, -0.25) is 0 Å². The van der Waals surface area contributed by atoms with Gasteiger partial charge in [0.25, 0.3) is 0 Å². The van der Waals surface area contributed by atoms with E-state index < -0.39 is 11.6 Å². The van der Waals surface area contributed by atoms with Gasteiger partial charge in [0.1, 0.15) is 0 Å². The normalized spacial score (nSPS) is 30.3. The van der Waals surface area contributed by atoms with Gasteiger partial charge in [-0.2, -0.15) is 0 Å². The van der Waals surface area contributed by atoms with E-state index >= 15 is 0 Å². The lowest BCUT2D eigenvalue weighted by atomic mass is 9.88. The lowest BCUT2D eigenvalue weighted by Crippen LogP contribution is -2.50. The molecule has 1 aliphatic carbocycles. The van der Waals surface area contributed by atoms with Crippen molar-refractivity contribution in [2.24, 2.45) is 16.7 Å². The second-order valence-corrected chi connectivity index (χ2v) is 11.7. The third kappa shape index (κ3) is 4.31. The second-order valence-electron chi connectivity index (χ2n) is 11.1. The Morgan fingerprint density at radius 3 is 1.97 bits per heavy atom. The molecule has 0 aromatic heterocycles. The molecule has 2 aliphatic heterocycles. The van der Waals surface area contributed by atoms with Crippen molar-refractivity contribution >= 4 is 11.6 Å². The molecule has 3 fully saturated rings. The molecule has 1 spiro atoms. The molecule has 0 radical (unpaired) electrons. The Morgan fingerprint density at radius 2 is 1.43 bits per heavy atom. The van der Waals surface area contributed by atoms with Crippen molar-refractivity contribution in [2.45, 2.75) is 77.3 Å². The Hall–Kier alpha value is -0.650. The summed E-state index contributed by atoms with van der Waals surface area (Å²) in [5.74, 6) is -0.893. The number of halogens is 1. The fraction of sp³-hybridized carbons (Fsp3) is 0.760. The van der Waals surface area contributed by atoms with Gasteiger partial charge < -0.3 is 18.9 Å². The van der Waals surface area contributed by atoms with Gasteiger partial charge in [0.2, 0.25) is 5.79 Å². The number of alkyl halides is 1. The Bertz CT molecular complexity index is 720. The molecule has 2 atom stereocenters. The van der Waals surface area contributed by atoms with Crippen molar-refractivity contribution in [2.75, 3.05) is 26.4 Å². The van der Waals surface area contributed by atoms with Crippen LogP contribution in [0.2, 0.25) is 0 Å². The molecule has 4 nitrogen and oxygen atoms in total. The van der Waals surface area contributed by atoms with Crippen LogP contribution in [0.3, 0.4) is 0 Å². The van der Waals surface area contributed by atoms with Gasteiger partial charge in [0, 0.05) is 28.7 Å². The van der Waals surface area contributed by atoms with Crippen LogP contribution in [0.15, 0.2) is 24.3 Å². The van der Waals surface area contributed by atoms with Crippen LogP contribution in [-0.2, 0) is 31.2 Å². The Kier molecular flexibility index (Phi) is 6.04. The smallest absolute Gasteiger partial charge is 0.211 e. The first-order valence-corrected chi connectivity index (χ1v) is 11.8. The summed E-state index contributed by atoms with van der Waals surface area (Å²) in [6, 6.07) is 8.59. The first kappa shape index (κ1) is 22.5. The molecular formula is C25H37ClO4. The maximum atomic E-state index is 6.56. The predicted molar refractivity (Wildman–Crippen MR) is 119 cm³/mol. The summed E-state index contributed by atoms with van der Waals surface area (Å²) < 4.78 is 25.1. The Labute approximate surface area is 186 Å². The van der Waals surface area contributed by atoms with Gasteiger partial charge in [0.05, 0.1) is 31.8 Å². The molecule has 1 aromatic rings. The zero-order valence-corrected chi connectivity index (χ0v) is 19.9. The van der Waals surface area contributed by atoms with E-state index in [0.29, 0.717) is 19.1 Å². The van der Waals surface area contributed by atoms with Crippen LogP contribution in [0, 0.1) is 16.7 Å². The van der Waals surface area contributed by atoms with E-state index in [1.165, 1.54) is 5.56 Å². The Morgan fingerprint density at radius 1 is 0.900 bits per heavy atom. The average molecular weight is 437 g/mol. The van der Waals surface area contributed by atoms with Crippen LogP contribution in [0.25, 0.3) is 0 Å². The topological polar surface area (TPSA) is 36.9 Å². The largest absolute Gasteiger partial charge is 0.349 e. The molecule has 3 aliphatic rings. The van der Waals surface area contributed by atoms with E-state index in [4.69, 9.17) is 30.5 Å². The van der Waals surface area contributed by atoms with E-state index in [9.17, 15) is 0 Å². The molecule has 4 rings (SSSR count). The first-order valence-electron chi connectivity index (χ1n) is 11.4. The second kappa shape index (κ2) is 8.04. The first-order chi connectivity index (χ1) is 14.1. The van der Waals surface area contributed by atoms with Gasteiger partial charge >= 0.3 is 0 Å². The fourth-order valence-electron chi connectivity index (χ4n) is 4.85. The van der Waals surface area contributed by atoms with Gasteiger partial charge in [-0.1, -0.05) is 52.0 Å². The molecule has 2 unspecified atom stereocenters. The number of benzene rings is 1. The number of rotatable bonds is 4. The zero-order chi connectivity index (χ0) is 21.6. The van der Waals surface area contributed by atoms with Crippen molar-refractivity contribution < 1.29 is 18.9 Å². The van der Waals surface area contributed by atoms with Crippen LogP contribution < -0.4 is 0 Å². The van der Waals surface area contributed by atoms with Crippen LogP contribution in [0.4, 0.5) is 0 Å². The van der Waals surface area contributed by atoms with Crippen molar-refractivity contribution in [1.82, 2.24) is 0 Å². The van der Waals surface area contributed by atoms with Crippen LogP contribution in [0.1, 0.15) is 65.0 Å². The lowest BCUT2D eigenvalue weighted by molar-refractivity contribution is -0.313. The highest BCUT2D eigenvalue weighted by Crippen LogP contribution is 2.46. The molecule has 168 valence electrons. The van der Waals surface area contributed by atoms with E-state index in [1.54, 1.807) is 0 Å². The lowest BCUT2D eigenvalue weighted by Gasteiger charge is -2.45. The molecule has 0 N–H and O–H groups in total. The third-order valence-corrected chi connectivity index (χ3v) is 7.12. The summed E-state index contributed by atoms with van der Waals surface area (Å²) in [5, 5.41) is -0.287. The molecule has 0 bridgehead atoms. The van der Waals surface area contributed by atoms with E-state index in [1.807, 2.05) is 6.92 Å². The highest BCUT2D eigenvalue weighted by atomic mass is 35.5. The molecule has 30 heavy (non-hydrogen) atoms. The van der Waals surface area contributed by atoms with Crippen molar-refractivity contribution in [3.63, 3.8) is 0 Å².